The minimum Gasteiger partial charge on any atom is -0.219 e. The van der Waals surface area contributed by atoms with Gasteiger partial charge in [-0.25, -0.2) is 4.98 Å². The molecular formula is C13H6Cl3FN2. The maximum Gasteiger partial charge on any atom is 0.213 e. The Morgan fingerprint density at radius 2 is 1.79 bits per heavy atom. The van der Waals surface area contributed by atoms with Gasteiger partial charge in [-0.05, 0) is 23.8 Å². The van der Waals surface area contributed by atoms with Gasteiger partial charge >= 0.3 is 0 Å². The van der Waals surface area contributed by atoms with E-state index >= 15 is 0 Å². The number of hydrogen-bond acceptors (Lipinski definition) is 2. The molecule has 0 unspecified atom stereocenters. The van der Waals surface area contributed by atoms with Gasteiger partial charge < -0.3 is 0 Å². The summed E-state index contributed by atoms with van der Waals surface area (Å²) in [6.07, 6.45) is 0.0964. The van der Waals surface area contributed by atoms with Crippen molar-refractivity contribution >= 4 is 34.8 Å². The number of nitrogens with zero attached hydrogens (tertiary/aromatic N) is 2. The van der Waals surface area contributed by atoms with E-state index < -0.39 is 5.95 Å². The summed E-state index contributed by atoms with van der Waals surface area (Å²) in [4.78, 5) is 3.79. The van der Waals surface area contributed by atoms with Crippen LogP contribution in [-0.4, -0.2) is 4.98 Å². The number of hydrogen-bond donors (Lipinski definition) is 0. The van der Waals surface area contributed by atoms with E-state index in [-0.39, 0.29) is 11.4 Å². The van der Waals surface area contributed by atoms with Gasteiger partial charge in [0.1, 0.15) is 0 Å². The first-order valence-electron chi connectivity index (χ1n) is 5.20. The summed E-state index contributed by atoms with van der Waals surface area (Å²) in [5.41, 5.74) is 1.31. The minimum atomic E-state index is -0.654. The Bertz CT molecular complexity index is 680. The van der Waals surface area contributed by atoms with E-state index in [0.29, 0.717) is 26.9 Å². The molecule has 6 heteroatoms. The molecule has 0 N–H and O–H groups in total. The smallest absolute Gasteiger partial charge is 0.213 e. The van der Waals surface area contributed by atoms with E-state index in [4.69, 9.17) is 40.1 Å². The van der Waals surface area contributed by atoms with Crippen molar-refractivity contribution in [2.24, 2.45) is 0 Å². The molecule has 0 spiro atoms. The van der Waals surface area contributed by atoms with Crippen LogP contribution in [-0.2, 0) is 6.42 Å². The number of benzene rings is 1. The second kappa shape index (κ2) is 5.75. The summed E-state index contributed by atoms with van der Waals surface area (Å²) >= 11 is 17.8. The predicted octanol–water partition coefficient (Wildman–Crippen LogP) is 4.91. The second-order valence-corrected chi connectivity index (χ2v) is 4.94. The van der Waals surface area contributed by atoms with Crippen LogP contribution in [0.5, 0.6) is 0 Å². The van der Waals surface area contributed by atoms with Crippen molar-refractivity contribution in [1.82, 2.24) is 4.98 Å². The number of aromatic nitrogens is 1. The SMILES string of the molecule is N#CCc1ccc(F)nc1-c1cc(Cl)c(Cl)cc1Cl. The molecule has 0 radical (unpaired) electrons. The maximum atomic E-state index is 13.3. The highest BCUT2D eigenvalue weighted by Crippen LogP contribution is 2.35. The first-order chi connectivity index (χ1) is 9.02. The number of halogens is 4. The first-order valence-corrected chi connectivity index (χ1v) is 6.33. The molecule has 0 fully saturated rings. The van der Waals surface area contributed by atoms with Crippen LogP contribution in [0.15, 0.2) is 24.3 Å². The van der Waals surface area contributed by atoms with Crippen molar-refractivity contribution in [3.05, 3.63) is 50.8 Å². The van der Waals surface area contributed by atoms with Gasteiger partial charge in [0.25, 0.3) is 0 Å². The Kier molecular flexibility index (Phi) is 4.26. The van der Waals surface area contributed by atoms with Crippen molar-refractivity contribution in [3.8, 4) is 17.3 Å². The molecule has 0 saturated carbocycles. The summed E-state index contributed by atoms with van der Waals surface area (Å²) < 4.78 is 13.3. The largest absolute Gasteiger partial charge is 0.219 e. The summed E-state index contributed by atoms with van der Waals surface area (Å²) in [6.45, 7) is 0. The highest BCUT2D eigenvalue weighted by atomic mass is 35.5. The lowest BCUT2D eigenvalue weighted by atomic mass is 10.0. The molecule has 96 valence electrons. The van der Waals surface area contributed by atoms with Crippen LogP contribution >= 0.6 is 34.8 Å². The Balaban J connectivity index is 2.67. The maximum absolute atomic E-state index is 13.3. The van der Waals surface area contributed by atoms with Crippen LogP contribution in [0.2, 0.25) is 15.1 Å². The normalized spacial score (nSPS) is 10.3. The third kappa shape index (κ3) is 2.98. The molecule has 0 atom stereocenters. The second-order valence-electron chi connectivity index (χ2n) is 3.72. The Hall–Kier alpha value is -1.34. The van der Waals surface area contributed by atoms with Crippen LogP contribution in [0.4, 0.5) is 4.39 Å². The van der Waals surface area contributed by atoms with Crippen LogP contribution in [0, 0.1) is 17.3 Å². The van der Waals surface area contributed by atoms with Crippen molar-refractivity contribution in [3.63, 3.8) is 0 Å². The Labute approximate surface area is 124 Å². The molecule has 2 nitrogen and oxygen atoms in total. The van der Waals surface area contributed by atoms with Crippen LogP contribution < -0.4 is 0 Å². The molecule has 0 aliphatic rings. The molecule has 0 amide bonds. The summed E-state index contributed by atoms with van der Waals surface area (Å²) in [5, 5.41) is 9.66. The van der Waals surface area contributed by atoms with Gasteiger partial charge in [-0.2, -0.15) is 9.65 Å². The molecule has 0 aliphatic heterocycles. The molecule has 1 aromatic heterocycles. The highest BCUT2D eigenvalue weighted by molar-refractivity contribution is 6.44. The van der Waals surface area contributed by atoms with Gasteiger partial charge in [0.05, 0.1) is 33.3 Å². The van der Waals surface area contributed by atoms with Crippen molar-refractivity contribution in [1.29, 1.82) is 5.26 Å². The number of pyridine rings is 1. The highest BCUT2D eigenvalue weighted by Gasteiger charge is 2.14. The van der Waals surface area contributed by atoms with Crippen molar-refractivity contribution < 1.29 is 4.39 Å². The molecule has 0 bridgehead atoms. The fourth-order valence-electron chi connectivity index (χ4n) is 1.63. The molecule has 1 heterocycles. The van der Waals surface area contributed by atoms with Crippen molar-refractivity contribution in [2.75, 3.05) is 0 Å². The topological polar surface area (TPSA) is 36.7 Å². The molecule has 2 aromatic rings. The standard InChI is InChI=1S/C13H6Cl3FN2/c14-9-6-11(16)10(15)5-8(9)13-7(3-4-18)1-2-12(17)19-13/h1-2,5-6H,3H2. The van der Waals surface area contributed by atoms with E-state index in [2.05, 4.69) is 4.98 Å². The average molecular weight is 316 g/mol. The minimum absolute atomic E-state index is 0.0964. The fraction of sp³-hybridized carbons (Fsp3) is 0.0769. The van der Waals surface area contributed by atoms with Gasteiger partial charge in [-0.1, -0.05) is 40.9 Å². The van der Waals surface area contributed by atoms with E-state index in [1.54, 1.807) is 0 Å². The van der Waals surface area contributed by atoms with Crippen LogP contribution in [0.25, 0.3) is 11.3 Å². The zero-order valence-electron chi connectivity index (χ0n) is 9.42. The molecule has 1 aromatic carbocycles. The number of nitriles is 1. The Morgan fingerprint density at radius 1 is 1.11 bits per heavy atom. The third-order valence-electron chi connectivity index (χ3n) is 2.48. The lowest BCUT2D eigenvalue weighted by molar-refractivity contribution is 0.584. The zero-order chi connectivity index (χ0) is 14.0. The molecular weight excluding hydrogens is 310 g/mol. The van der Waals surface area contributed by atoms with E-state index in [0.717, 1.165) is 0 Å². The lowest BCUT2D eigenvalue weighted by Gasteiger charge is -2.09. The molecule has 0 aliphatic carbocycles. The van der Waals surface area contributed by atoms with E-state index in [9.17, 15) is 4.39 Å². The van der Waals surface area contributed by atoms with Crippen LogP contribution in [0.1, 0.15) is 5.56 Å². The van der Waals surface area contributed by atoms with Crippen LogP contribution in [0.3, 0.4) is 0 Å². The predicted molar refractivity (Wildman–Crippen MR) is 74.0 cm³/mol. The fourth-order valence-corrected chi connectivity index (χ4v) is 2.27. The third-order valence-corrected chi connectivity index (χ3v) is 3.51. The molecule has 19 heavy (non-hydrogen) atoms. The Morgan fingerprint density at radius 3 is 2.47 bits per heavy atom. The quantitative estimate of drug-likeness (QED) is 0.583. The average Bonchev–Trinajstić information content (AvgIpc) is 2.36. The summed E-state index contributed by atoms with van der Waals surface area (Å²) in [7, 11) is 0. The zero-order valence-corrected chi connectivity index (χ0v) is 11.7. The van der Waals surface area contributed by atoms with Gasteiger partial charge in [0.2, 0.25) is 5.95 Å². The lowest BCUT2D eigenvalue weighted by Crippen LogP contribution is -1.96. The number of rotatable bonds is 2. The van der Waals surface area contributed by atoms with Gasteiger partial charge in [0.15, 0.2) is 0 Å². The van der Waals surface area contributed by atoms with Gasteiger partial charge in [-0.15, -0.1) is 0 Å². The molecule has 0 saturated heterocycles. The van der Waals surface area contributed by atoms with E-state index in [1.165, 1.54) is 24.3 Å². The first kappa shape index (κ1) is 14.1. The summed E-state index contributed by atoms with van der Waals surface area (Å²) in [6, 6.07) is 7.66. The monoisotopic (exact) mass is 314 g/mol. The summed E-state index contributed by atoms with van der Waals surface area (Å²) in [5.74, 6) is -0.654. The molecule has 2 rings (SSSR count). The van der Waals surface area contributed by atoms with E-state index in [1.807, 2.05) is 6.07 Å². The van der Waals surface area contributed by atoms with Gasteiger partial charge in [-0.3, -0.25) is 0 Å². The van der Waals surface area contributed by atoms with Crippen molar-refractivity contribution in [2.45, 2.75) is 6.42 Å². The van der Waals surface area contributed by atoms with Gasteiger partial charge in [0, 0.05) is 5.56 Å².